The molecule has 2 fully saturated rings. The second-order valence-corrected chi connectivity index (χ2v) is 12.0. The molecular weight excluding hydrogens is 846 g/mol. The molecule has 2 heterocycles. The number of halogens is 12. The first kappa shape index (κ1) is 61.1. The number of hydrogen-bond donors (Lipinski definition) is 6. The summed E-state index contributed by atoms with van der Waals surface area (Å²) >= 11 is 0. The van der Waals surface area contributed by atoms with E-state index in [4.69, 9.17) is 5.11 Å². The van der Waals surface area contributed by atoms with Crippen LogP contribution in [0.5, 0.6) is 0 Å². The second-order valence-electron chi connectivity index (χ2n) is 12.0. The van der Waals surface area contributed by atoms with Crippen LogP contribution in [0.15, 0.2) is 0 Å². The van der Waals surface area contributed by atoms with Gasteiger partial charge in [-0.25, -0.2) is 4.79 Å². The van der Waals surface area contributed by atoms with Crippen LogP contribution in [0.25, 0.3) is 0 Å². The van der Waals surface area contributed by atoms with Gasteiger partial charge in [-0.3, -0.25) is 14.4 Å². The number of aliphatic hydroxyl groups excluding tert-OH is 1. The number of carbonyl (C=O) groups is 4. The summed E-state index contributed by atoms with van der Waals surface area (Å²) in [6.07, 6.45) is -20.9. The molecule has 60 heavy (non-hydrogen) atoms. The molecule has 2 saturated heterocycles. The van der Waals surface area contributed by atoms with Crippen LogP contribution >= 0.6 is 0 Å². The summed E-state index contributed by atoms with van der Waals surface area (Å²) < 4.78 is 151. The van der Waals surface area contributed by atoms with Gasteiger partial charge in [0, 0.05) is 112 Å². The Kier molecular flexibility index (Phi) is 34.0. The minimum atomic E-state index is -5.46. The highest BCUT2D eigenvalue weighted by Crippen LogP contribution is 2.22. The number of ether oxygens (including phenoxy) is 1. The minimum Gasteiger partial charge on any atom is -0.459 e. The van der Waals surface area contributed by atoms with Crippen molar-refractivity contribution in [2.45, 2.75) is 52.4 Å². The largest absolute Gasteiger partial charge is 0.490 e. The Morgan fingerprint density at radius 1 is 0.450 bits per heavy atom. The van der Waals surface area contributed by atoms with E-state index in [1.165, 1.54) is 26.6 Å². The zero-order valence-corrected chi connectivity index (χ0v) is 34.5. The van der Waals surface area contributed by atoms with Crippen LogP contribution in [-0.2, 0) is 23.9 Å². The quantitative estimate of drug-likeness (QED) is 0.176. The summed E-state index contributed by atoms with van der Waals surface area (Å²) in [5, 5.41) is 22.9. The maximum atomic E-state index is 12.8. The number of rotatable bonds is 4. The van der Waals surface area contributed by atoms with Crippen molar-refractivity contribution in [1.82, 2.24) is 46.2 Å². The average molecular weight is 908 g/mol. The van der Waals surface area contributed by atoms with Gasteiger partial charge in [-0.15, -0.1) is 0 Å². The average Bonchev–Trinajstić information content (AvgIpc) is 3.15. The molecular formula is C33H61F12N9O6. The van der Waals surface area contributed by atoms with Gasteiger partial charge in [-0.2, -0.15) is 52.7 Å². The molecule has 0 aromatic carbocycles. The van der Waals surface area contributed by atoms with E-state index in [-0.39, 0.29) is 34.4 Å². The molecule has 27 heteroatoms. The summed E-state index contributed by atoms with van der Waals surface area (Å²) in [5.41, 5.74) is 0. The zero-order chi connectivity index (χ0) is 47.0. The number of nitrogens with zero attached hydrogens (tertiary/aromatic N) is 4. The molecule has 0 radical (unpaired) electrons. The summed E-state index contributed by atoms with van der Waals surface area (Å²) in [4.78, 5) is 46.8. The standard InChI is InChI=1S/C14H17F9N4O3.C8H20N4.C6H15N.C4H5F3O2.CH4O/c15-12(16,17)9(28)25-3-1-24-2-4-26(10(29)13(18,19)20)6-8-27(7-5-25)11(30)14(21,22)23;1-2-10-5-6-12-8-7-11-4-3-9-1;1-4-7(5-2)6-3;1-2-9-3(8)4(5,6)7;1-2/h24H,1-8H2;9-12H,1-8H2;4-6H2,1-3H3;2H2,1H3;2H,1H3. The smallest absolute Gasteiger partial charge is 0.459 e. The Morgan fingerprint density at radius 2 is 0.683 bits per heavy atom. The molecule has 0 aromatic heterocycles. The van der Waals surface area contributed by atoms with E-state index in [9.17, 15) is 71.9 Å². The van der Waals surface area contributed by atoms with Gasteiger partial charge in [0.05, 0.1) is 6.61 Å². The van der Waals surface area contributed by atoms with Crippen molar-refractivity contribution in [3.05, 3.63) is 0 Å². The van der Waals surface area contributed by atoms with Crippen molar-refractivity contribution in [3.8, 4) is 0 Å². The molecule has 2 aliphatic heterocycles. The highest BCUT2D eigenvalue weighted by molar-refractivity contribution is 5.84. The fraction of sp³-hybridized carbons (Fsp3) is 0.879. The van der Waals surface area contributed by atoms with Gasteiger partial charge < -0.3 is 56.0 Å². The van der Waals surface area contributed by atoms with Crippen LogP contribution < -0.4 is 26.6 Å². The maximum absolute atomic E-state index is 12.8. The van der Waals surface area contributed by atoms with E-state index in [1.54, 1.807) is 0 Å². The molecule has 6 N–H and O–H groups in total. The molecule has 2 aliphatic rings. The van der Waals surface area contributed by atoms with Crippen molar-refractivity contribution in [3.63, 3.8) is 0 Å². The van der Waals surface area contributed by atoms with Crippen LogP contribution in [0.3, 0.4) is 0 Å². The van der Waals surface area contributed by atoms with E-state index in [2.05, 4.69) is 57.0 Å². The van der Waals surface area contributed by atoms with Crippen molar-refractivity contribution in [2.75, 3.05) is 138 Å². The Bertz CT molecular complexity index is 1060. The topological polar surface area (TPSA) is 171 Å². The molecule has 15 nitrogen and oxygen atoms in total. The van der Waals surface area contributed by atoms with Gasteiger partial charge in [-0.05, 0) is 26.6 Å². The zero-order valence-electron chi connectivity index (χ0n) is 34.5. The van der Waals surface area contributed by atoms with E-state index >= 15 is 0 Å². The highest BCUT2D eigenvalue weighted by Gasteiger charge is 2.46. The Labute approximate surface area is 342 Å². The third-order valence-electron chi connectivity index (χ3n) is 7.75. The van der Waals surface area contributed by atoms with E-state index in [0.717, 1.165) is 59.5 Å². The summed E-state index contributed by atoms with van der Waals surface area (Å²) in [5.74, 6) is -9.33. The van der Waals surface area contributed by atoms with Crippen molar-refractivity contribution in [2.24, 2.45) is 0 Å². The molecule has 358 valence electrons. The Morgan fingerprint density at radius 3 is 0.850 bits per heavy atom. The fourth-order valence-electron chi connectivity index (χ4n) is 4.61. The normalized spacial score (nSPS) is 17.0. The summed E-state index contributed by atoms with van der Waals surface area (Å²) in [6, 6.07) is 0. The molecule has 0 bridgehead atoms. The van der Waals surface area contributed by atoms with Crippen LogP contribution in [0.2, 0.25) is 0 Å². The lowest BCUT2D eigenvalue weighted by atomic mass is 10.3. The predicted octanol–water partition coefficient (Wildman–Crippen LogP) is 1.19. The molecule has 0 atom stereocenters. The number of hydrogen-bond acceptors (Lipinski definition) is 12. The van der Waals surface area contributed by atoms with Gasteiger partial charge in [0.2, 0.25) is 0 Å². The van der Waals surface area contributed by atoms with Crippen molar-refractivity contribution >= 4 is 23.7 Å². The fourth-order valence-corrected chi connectivity index (χ4v) is 4.61. The van der Waals surface area contributed by atoms with E-state index in [0.29, 0.717) is 0 Å². The number of nitrogens with one attached hydrogen (secondary N) is 5. The first-order valence-corrected chi connectivity index (χ1v) is 18.9. The summed E-state index contributed by atoms with van der Waals surface area (Å²) in [7, 11) is 1.00. The van der Waals surface area contributed by atoms with Crippen LogP contribution in [0.4, 0.5) is 52.7 Å². The number of alkyl halides is 12. The Hall–Kier alpha value is -3.24. The number of carbonyl (C=O) groups excluding carboxylic acids is 4. The summed E-state index contributed by atoms with van der Waals surface area (Å²) in [6.45, 7) is 13.8. The van der Waals surface area contributed by atoms with Gasteiger partial charge in [0.25, 0.3) is 0 Å². The number of amides is 3. The third-order valence-corrected chi connectivity index (χ3v) is 7.75. The molecule has 2 rings (SSSR count). The lowest BCUT2D eigenvalue weighted by Crippen LogP contribution is -2.53. The molecule has 0 aromatic rings. The SMILES string of the molecule is C1CNCCNCCNCCN1.CCN(CC)CC.CCOC(=O)C(F)(F)F.CO.O=C(N1CCNCCN(C(=O)C(F)(F)F)CCN(C(=O)C(F)(F)F)CC1)C(F)(F)F. The van der Waals surface area contributed by atoms with Gasteiger partial charge in [0.1, 0.15) is 0 Å². The van der Waals surface area contributed by atoms with E-state index in [1.807, 2.05) is 0 Å². The highest BCUT2D eigenvalue weighted by atomic mass is 19.4. The molecule has 0 saturated carbocycles. The lowest BCUT2D eigenvalue weighted by molar-refractivity contribution is -0.199. The van der Waals surface area contributed by atoms with Gasteiger partial charge in [0.15, 0.2) is 0 Å². The van der Waals surface area contributed by atoms with Crippen LogP contribution in [0, 0.1) is 0 Å². The molecule has 0 aliphatic carbocycles. The Balaban J connectivity index is -0.000000876. The number of aliphatic hydroxyl groups is 1. The van der Waals surface area contributed by atoms with Crippen LogP contribution in [0.1, 0.15) is 27.7 Å². The molecule has 0 unspecified atom stereocenters. The monoisotopic (exact) mass is 907 g/mol. The maximum Gasteiger partial charge on any atom is 0.490 e. The lowest BCUT2D eigenvalue weighted by Gasteiger charge is -2.32. The third kappa shape index (κ3) is 30.7. The van der Waals surface area contributed by atoms with Crippen molar-refractivity contribution in [1.29, 1.82) is 0 Å². The first-order chi connectivity index (χ1) is 27.9. The first-order valence-electron chi connectivity index (χ1n) is 18.9. The van der Waals surface area contributed by atoms with E-state index < -0.39 is 87.7 Å². The second kappa shape index (κ2) is 33.4. The van der Waals surface area contributed by atoms with Gasteiger partial charge in [-0.1, -0.05) is 20.8 Å². The predicted molar refractivity (Wildman–Crippen MR) is 197 cm³/mol. The van der Waals surface area contributed by atoms with Gasteiger partial charge >= 0.3 is 48.4 Å². The molecule has 3 amide bonds. The number of esters is 1. The van der Waals surface area contributed by atoms with Crippen LogP contribution in [-0.4, -0.2) is 211 Å². The molecule has 0 spiro atoms. The van der Waals surface area contributed by atoms with Crippen molar-refractivity contribution < 1.29 is 81.7 Å². The minimum absolute atomic E-state index is 0.0393.